The summed E-state index contributed by atoms with van der Waals surface area (Å²) < 4.78 is 1.92. The van der Waals surface area contributed by atoms with Crippen molar-refractivity contribution >= 4 is 95.2 Å². The number of hydrogen-bond acceptors (Lipinski definition) is 4. The lowest BCUT2D eigenvalue weighted by molar-refractivity contribution is -0.111. The van der Waals surface area contributed by atoms with E-state index in [1.807, 2.05) is 29.8 Å². The highest BCUT2D eigenvalue weighted by atomic mass is 16.1. The predicted octanol–water partition coefficient (Wildman–Crippen LogP) is -5.03. The SMILES string of the molecule is Bc1c(B)c(B)c(/C=C/C(=O)Nc2cc3nc(-c4cncn4C)ccc3cn2)c(B)c1B. The Morgan fingerprint density at radius 3 is 2.34 bits per heavy atom. The fraction of sp³-hybridized carbons (Fsp3) is 0.0476. The van der Waals surface area contributed by atoms with Gasteiger partial charge in [-0.2, -0.15) is 0 Å². The van der Waals surface area contributed by atoms with Crippen molar-refractivity contribution in [2.24, 2.45) is 7.05 Å². The predicted molar refractivity (Wildman–Crippen MR) is 147 cm³/mol. The molecular weight excluding hydrogens is 392 g/mol. The minimum absolute atomic E-state index is 0.227. The Hall–Kier alpha value is -3.48. The van der Waals surface area contributed by atoms with E-state index in [1.165, 1.54) is 27.3 Å². The first-order valence-electron chi connectivity index (χ1n) is 10.6. The molecule has 0 radical (unpaired) electrons. The highest BCUT2D eigenvalue weighted by Gasteiger charge is 2.10. The highest BCUT2D eigenvalue weighted by molar-refractivity contribution is 6.67. The van der Waals surface area contributed by atoms with Gasteiger partial charge in [-0.05, 0) is 17.7 Å². The molecule has 3 aromatic heterocycles. The summed E-state index contributed by atoms with van der Waals surface area (Å²) in [6, 6.07) is 5.70. The molecule has 0 aliphatic rings. The Bertz CT molecular complexity index is 1370. The van der Waals surface area contributed by atoms with Crippen LogP contribution in [0, 0.1) is 0 Å². The zero-order valence-corrected chi connectivity index (χ0v) is 19.3. The van der Waals surface area contributed by atoms with Crippen molar-refractivity contribution < 1.29 is 4.79 Å². The number of carbonyl (C=O) groups is 1. The van der Waals surface area contributed by atoms with Gasteiger partial charge in [0.25, 0.3) is 0 Å². The fourth-order valence-corrected chi connectivity index (χ4v) is 3.94. The number of imidazole rings is 1. The van der Waals surface area contributed by atoms with Crippen LogP contribution >= 0.6 is 0 Å². The van der Waals surface area contributed by atoms with Crippen molar-refractivity contribution in [3.05, 3.63) is 48.6 Å². The third-order valence-electron chi connectivity index (χ3n) is 6.36. The Kier molecular flexibility index (Phi) is 5.83. The molecule has 0 aliphatic heterocycles. The molecule has 0 fully saturated rings. The number of carbonyl (C=O) groups excluding carboxylic acids is 1. The normalized spacial score (nSPS) is 11.3. The van der Waals surface area contributed by atoms with Gasteiger partial charge in [-0.1, -0.05) is 17.0 Å². The quantitative estimate of drug-likeness (QED) is 0.268. The molecule has 0 aliphatic carbocycles. The highest BCUT2D eigenvalue weighted by Crippen LogP contribution is 2.21. The molecule has 32 heavy (non-hydrogen) atoms. The lowest BCUT2D eigenvalue weighted by Gasteiger charge is -2.17. The number of rotatable bonds is 4. The molecule has 4 aromatic rings. The average molecular weight is 415 g/mol. The van der Waals surface area contributed by atoms with E-state index in [4.69, 9.17) is 4.98 Å². The molecule has 11 heteroatoms. The van der Waals surface area contributed by atoms with E-state index in [9.17, 15) is 4.79 Å². The molecule has 0 unspecified atom stereocenters. The Morgan fingerprint density at radius 2 is 1.69 bits per heavy atom. The summed E-state index contributed by atoms with van der Waals surface area (Å²) in [4.78, 5) is 25.8. The van der Waals surface area contributed by atoms with Crippen molar-refractivity contribution in [2.75, 3.05) is 5.32 Å². The number of amides is 1. The molecule has 152 valence electrons. The summed E-state index contributed by atoms with van der Waals surface area (Å²) in [5.41, 5.74) is 9.82. The fourth-order valence-electron chi connectivity index (χ4n) is 3.94. The van der Waals surface area contributed by atoms with Crippen molar-refractivity contribution in [1.82, 2.24) is 19.5 Å². The lowest BCUT2D eigenvalue weighted by Crippen LogP contribution is -2.55. The Morgan fingerprint density at radius 1 is 1.00 bits per heavy atom. The zero-order valence-electron chi connectivity index (χ0n) is 19.3. The number of aryl methyl sites for hydroxylation is 1. The van der Waals surface area contributed by atoms with Crippen molar-refractivity contribution in [3.63, 3.8) is 0 Å². The summed E-state index contributed by atoms with van der Waals surface area (Å²) in [6.07, 6.45) is 8.69. The van der Waals surface area contributed by atoms with E-state index in [-0.39, 0.29) is 5.91 Å². The third-order valence-corrected chi connectivity index (χ3v) is 6.36. The number of nitrogens with zero attached hydrogens (tertiary/aromatic N) is 4. The van der Waals surface area contributed by atoms with Gasteiger partial charge in [-0.25, -0.2) is 15.0 Å². The van der Waals surface area contributed by atoms with Crippen molar-refractivity contribution in [2.45, 2.75) is 0 Å². The number of anilines is 1. The second kappa shape index (κ2) is 8.57. The first-order valence-corrected chi connectivity index (χ1v) is 10.6. The summed E-state index contributed by atoms with van der Waals surface area (Å²) in [7, 11) is 12.5. The number of benzene rings is 1. The van der Waals surface area contributed by atoms with Gasteiger partial charge >= 0.3 is 0 Å². The number of pyridine rings is 2. The molecule has 0 saturated heterocycles. The number of nitrogens with one attached hydrogen (secondary N) is 1. The minimum atomic E-state index is -0.227. The molecule has 4 rings (SSSR count). The smallest absolute Gasteiger partial charge is 0.249 e. The van der Waals surface area contributed by atoms with Crippen LogP contribution in [-0.2, 0) is 11.8 Å². The maximum atomic E-state index is 12.6. The van der Waals surface area contributed by atoms with Crippen LogP contribution in [-0.4, -0.2) is 64.7 Å². The molecule has 1 N–H and O–H groups in total. The van der Waals surface area contributed by atoms with Crippen LogP contribution in [0.5, 0.6) is 0 Å². The molecule has 3 heterocycles. The van der Waals surface area contributed by atoms with Gasteiger partial charge in [0.15, 0.2) is 0 Å². The average Bonchev–Trinajstić information content (AvgIpc) is 3.21. The van der Waals surface area contributed by atoms with E-state index in [1.54, 1.807) is 30.9 Å². The summed E-state index contributed by atoms with van der Waals surface area (Å²) in [6.45, 7) is 0. The van der Waals surface area contributed by atoms with Gasteiger partial charge in [0.2, 0.25) is 5.91 Å². The molecule has 1 aromatic carbocycles. The van der Waals surface area contributed by atoms with Gasteiger partial charge in [0.1, 0.15) is 45.0 Å². The summed E-state index contributed by atoms with van der Waals surface area (Å²) in [5, 5.41) is 3.76. The lowest BCUT2D eigenvalue weighted by atomic mass is 9.60. The van der Waals surface area contributed by atoms with Crippen LogP contribution in [0.3, 0.4) is 0 Å². The van der Waals surface area contributed by atoms with Crippen LogP contribution < -0.4 is 32.6 Å². The summed E-state index contributed by atoms with van der Waals surface area (Å²) in [5.74, 6) is 0.237. The molecule has 6 nitrogen and oxygen atoms in total. The maximum Gasteiger partial charge on any atom is 0.249 e. The van der Waals surface area contributed by atoms with E-state index in [0.29, 0.717) is 5.82 Å². The van der Waals surface area contributed by atoms with Gasteiger partial charge in [0.05, 0.1) is 29.4 Å². The maximum absolute atomic E-state index is 12.6. The van der Waals surface area contributed by atoms with Crippen molar-refractivity contribution in [3.8, 4) is 11.4 Å². The first kappa shape index (κ1) is 21.7. The van der Waals surface area contributed by atoms with Gasteiger partial charge < -0.3 is 9.88 Å². The van der Waals surface area contributed by atoms with Crippen LogP contribution in [0.15, 0.2) is 43.0 Å². The van der Waals surface area contributed by atoms with Gasteiger partial charge in [-0.15, -0.1) is 16.4 Å². The second-order valence-electron chi connectivity index (χ2n) is 8.21. The zero-order chi connectivity index (χ0) is 23.0. The standard InChI is InChI=1S/C21H22B5N5O/c1-31-9-27-8-14(31)12-4-2-10-7-28-15(6-13(10)29-12)30-16(32)5-3-11-17(22)19(24)21(26)20(25)18(11)23/h2-9H,22-26H2,1H3,(H,28,30,32)/b5-3+. The monoisotopic (exact) mass is 415 g/mol. The van der Waals surface area contributed by atoms with E-state index in [0.717, 1.165) is 27.9 Å². The van der Waals surface area contributed by atoms with E-state index >= 15 is 0 Å². The largest absolute Gasteiger partial charge is 0.332 e. The summed E-state index contributed by atoms with van der Waals surface area (Å²) >= 11 is 0. The molecule has 0 atom stereocenters. The van der Waals surface area contributed by atoms with Gasteiger partial charge in [-0.3, -0.25) is 4.79 Å². The van der Waals surface area contributed by atoms with E-state index < -0.39 is 0 Å². The van der Waals surface area contributed by atoms with Crippen molar-refractivity contribution in [1.29, 1.82) is 0 Å². The van der Waals surface area contributed by atoms with Crippen LogP contribution in [0.4, 0.5) is 5.82 Å². The molecule has 0 bridgehead atoms. The number of fused-ring (bicyclic) bond motifs is 1. The van der Waals surface area contributed by atoms with Crippen LogP contribution in [0.2, 0.25) is 0 Å². The van der Waals surface area contributed by atoms with Crippen LogP contribution in [0.1, 0.15) is 5.56 Å². The Labute approximate surface area is 192 Å². The Balaban J connectivity index is 1.58. The topological polar surface area (TPSA) is 72.7 Å². The third kappa shape index (κ3) is 4.02. The molecule has 0 saturated carbocycles. The first-order chi connectivity index (χ1) is 15.3. The van der Waals surface area contributed by atoms with Gasteiger partial charge in [0, 0.05) is 30.8 Å². The second-order valence-corrected chi connectivity index (χ2v) is 8.21. The molecule has 1 amide bonds. The van der Waals surface area contributed by atoms with Crippen LogP contribution in [0.25, 0.3) is 28.4 Å². The molecule has 0 spiro atoms. The number of hydrogen-bond donors (Lipinski definition) is 1. The minimum Gasteiger partial charge on any atom is -0.332 e. The number of aromatic nitrogens is 4. The molecular formula is C21H22B5N5O. The van der Waals surface area contributed by atoms with E-state index in [2.05, 4.69) is 54.5 Å².